The lowest BCUT2D eigenvalue weighted by Gasteiger charge is -2.37. The highest BCUT2D eigenvalue weighted by Crippen LogP contribution is 2.65. The van der Waals surface area contributed by atoms with E-state index in [4.69, 9.17) is 11.6 Å². The number of carbonyl (C=O) groups is 3. The molecule has 1 aliphatic heterocycles. The number of likely N-dealkylation sites (tertiary alicyclic amines) is 1. The zero-order chi connectivity index (χ0) is 18.2. The predicted molar refractivity (Wildman–Crippen MR) is 96.0 cm³/mol. The van der Waals surface area contributed by atoms with Gasteiger partial charge in [-0.05, 0) is 42.2 Å². The standard InChI is InChI=1S/C20H19ClN2O3/c1-10(24)22(16-5-3-2-4-15(16)21)9-23-19(25)17-11-6-7-12(14-8-13(11)14)18(17)20(23)26/h2-7,11-14,17-18H,8-9H2,1H3/t11-,12-,13-,14-,17-,18+/m0/s1. The first-order valence-corrected chi connectivity index (χ1v) is 9.43. The minimum Gasteiger partial charge on any atom is -0.292 e. The van der Waals surface area contributed by atoms with Crippen molar-refractivity contribution in [3.63, 3.8) is 0 Å². The second-order valence-electron chi connectivity index (χ2n) is 7.80. The fourth-order valence-electron chi connectivity index (χ4n) is 5.32. The van der Waals surface area contributed by atoms with Crippen molar-refractivity contribution in [2.75, 3.05) is 11.6 Å². The third-order valence-electron chi connectivity index (χ3n) is 6.56. The van der Waals surface area contributed by atoms with Gasteiger partial charge in [0.05, 0.1) is 22.5 Å². The Balaban J connectivity index is 1.46. The van der Waals surface area contributed by atoms with Crippen LogP contribution in [0.5, 0.6) is 0 Å². The van der Waals surface area contributed by atoms with Crippen LogP contribution < -0.4 is 4.90 Å². The van der Waals surface area contributed by atoms with Crippen molar-refractivity contribution < 1.29 is 14.4 Å². The van der Waals surface area contributed by atoms with Crippen LogP contribution in [0.15, 0.2) is 36.4 Å². The SMILES string of the molecule is CC(=O)N(CN1C(=O)[C@@H]2[C@H]3C=C[C@@H]([C@@H]4C[C@@H]34)[C@@H]2C1=O)c1ccccc1Cl. The van der Waals surface area contributed by atoms with Crippen molar-refractivity contribution in [1.82, 2.24) is 4.90 Å². The summed E-state index contributed by atoms with van der Waals surface area (Å²) in [5, 5.41) is 0.419. The van der Waals surface area contributed by atoms with Gasteiger partial charge in [0.25, 0.3) is 0 Å². The lowest BCUT2D eigenvalue weighted by molar-refractivity contribution is -0.140. The highest BCUT2D eigenvalue weighted by atomic mass is 35.5. The fraction of sp³-hybridized carbons (Fsp3) is 0.450. The maximum Gasteiger partial charge on any atom is 0.235 e. The third kappa shape index (κ3) is 2.07. The number of hydrogen-bond acceptors (Lipinski definition) is 3. The lowest BCUT2D eigenvalue weighted by Crippen LogP contribution is -2.44. The lowest BCUT2D eigenvalue weighted by atomic mass is 9.63. The molecule has 5 aliphatic rings. The topological polar surface area (TPSA) is 57.7 Å². The van der Waals surface area contributed by atoms with E-state index >= 15 is 0 Å². The van der Waals surface area contributed by atoms with Gasteiger partial charge in [0.15, 0.2) is 0 Å². The van der Waals surface area contributed by atoms with Gasteiger partial charge in [-0.2, -0.15) is 0 Å². The first-order valence-electron chi connectivity index (χ1n) is 9.05. The van der Waals surface area contributed by atoms with E-state index in [1.807, 2.05) is 0 Å². The first-order chi connectivity index (χ1) is 12.5. The zero-order valence-electron chi connectivity index (χ0n) is 14.3. The van der Waals surface area contributed by atoms with Gasteiger partial charge in [-0.25, -0.2) is 0 Å². The van der Waals surface area contributed by atoms with E-state index in [2.05, 4.69) is 12.2 Å². The smallest absolute Gasteiger partial charge is 0.235 e. The van der Waals surface area contributed by atoms with Crippen LogP contribution in [-0.4, -0.2) is 29.3 Å². The van der Waals surface area contributed by atoms with Crippen molar-refractivity contribution >= 4 is 35.0 Å². The molecule has 0 spiro atoms. The number of allylic oxidation sites excluding steroid dienone is 2. The van der Waals surface area contributed by atoms with Crippen LogP contribution in [0, 0.1) is 35.5 Å². The highest BCUT2D eigenvalue weighted by Gasteiger charge is 2.67. The summed E-state index contributed by atoms with van der Waals surface area (Å²) in [7, 11) is 0. The average Bonchev–Trinajstić information content (AvgIpc) is 3.40. The van der Waals surface area contributed by atoms with Gasteiger partial charge in [0, 0.05) is 6.92 Å². The summed E-state index contributed by atoms with van der Waals surface area (Å²) in [6.07, 6.45) is 5.42. The van der Waals surface area contributed by atoms with E-state index in [1.165, 1.54) is 16.7 Å². The molecule has 3 fully saturated rings. The summed E-state index contributed by atoms with van der Waals surface area (Å²) in [4.78, 5) is 41.1. The van der Waals surface area contributed by atoms with Gasteiger partial charge in [-0.1, -0.05) is 35.9 Å². The van der Waals surface area contributed by atoms with E-state index in [-0.39, 0.29) is 48.1 Å². The number of hydrogen-bond donors (Lipinski definition) is 0. The Morgan fingerprint density at radius 3 is 2.23 bits per heavy atom. The Kier molecular flexibility index (Phi) is 3.35. The molecule has 4 aliphatic carbocycles. The Labute approximate surface area is 156 Å². The highest BCUT2D eigenvalue weighted by molar-refractivity contribution is 6.33. The van der Waals surface area contributed by atoms with Crippen LogP contribution in [-0.2, 0) is 14.4 Å². The Morgan fingerprint density at radius 1 is 1.12 bits per heavy atom. The van der Waals surface area contributed by atoms with Crippen LogP contribution in [0.4, 0.5) is 5.69 Å². The summed E-state index contributed by atoms with van der Waals surface area (Å²) in [5.41, 5.74) is 0.515. The minimum absolute atomic E-state index is 0.0709. The van der Waals surface area contributed by atoms with Crippen LogP contribution in [0.25, 0.3) is 0 Å². The molecule has 3 amide bonds. The Hall–Kier alpha value is -2.14. The number of anilines is 1. The van der Waals surface area contributed by atoms with Crippen LogP contribution in [0.1, 0.15) is 13.3 Å². The largest absolute Gasteiger partial charge is 0.292 e. The predicted octanol–water partition coefficient (Wildman–Crippen LogP) is 2.70. The number of carbonyl (C=O) groups excluding carboxylic acids is 3. The normalized spacial score (nSPS) is 36.2. The molecular formula is C20H19ClN2O3. The number of benzene rings is 1. The van der Waals surface area contributed by atoms with Gasteiger partial charge in [-0.3, -0.25) is 24.2 Å². The van der Waals surface area contributed by atoms with E-state index in [0.717, 1.165) is 6.42 Å². The molecule has 1 saturated heterocycles. The van der Waals surface area contributed by atoms with E-state index in [9.17, 15) is 14.4 Å². The molecule has 134 valence electrons. The number of rotatable bonds is 3. The monoisotopic (exact) mass is 370 g/mol. The van der Waals surface area contributed by atoms with E-state index < -0.39 is 0 Å². The summed E-state index contributed by atoms with van der Waals surface area (Å²) in [5.74, 6) is 0.474. The minimum atomic E-state index is -0.252. The second-order valence-corrected chi connectivity index (χ2v) is 8.21. The second kappa shape index (κ2) is 5.43. The molecule has 26 heavy (non-hydrogen) atoms. The van der Waals surface area contributed by atoms with Crippen molar-refractivity contribution in [3.05, 3.63) is 41.4 Å². The molecule has 1 heterocycles. The summed E-state index contributed by atoms with van der Waals surface area (Å²) >= 11 is 6.23. The average molecular weight is 371 g/mol. The molecule has 6 rings (SSSR count). The number of halogens is 1. The van der Waals surface area contributed by atoms with E-state index in [1.54, 1.807) is 24.3 Å². The molecule has 1 aromatic rings. The Morgan fingerprint density at radius 2 is 1.69 bits per heavy atom. The number of amides is 3. The number of para-hydroxylation sites is 1. The van der Waals surface area contributed by atoms with E-state index in [0.29, 0.717) is 22.5 Å². The van der Waals surface area contributed by atoms with Crippen LogP contribution in [0.3, 0.4) is 0 Å². The van der Waals surface area contributed by atoms with Gasteiger partial charge in [0.2, 0.25) is 17.7 Å². The summed E-state index contributed by atoms with van der Waals surface area (Å²) in [6, 6.07) is 6.98. The molecule has 1 aromatic carbocycles. The molecule has 0 aromatic heterocycles. The molecule has 6 heteroatoms. The first kappa shape index (κ1) is 16.1. The van der Waals surface area contributed by atoms with Gasteiger partial charge >= 0.3 is 0 Å². The van der Waals surface area contributed by atoms with Gasteiger partial charge < -0.3 is 0 Å². The van der Waals surface area contributed by atoms with Crippen LogP contribution >= 0.6 is 11.6 Å². The van der Waals surface area contributed by atoms with Crippen LogP contribution in [0.2, 0.25) is 5.02 Å². The molecule has 2 saturated carbocycles. The number of nitrogens with zero attached hydrogens (tertiary/aromatic N) is 2. The fourth-order valence-corrected chi connectivity index (χ4v) is 5.55. The molecule has 2 bridgehead atoms. The summed E-state index contributed by atoms with van der Waals surface area (Å²) < 4.78 is 0. The Bertz CT molecular complexity index is 830. The quantitative estimate of drug-likeness (QED) is 0.607. The third-order valence-corrected chi connectivity index (χ3v) is 6.88. The van der Waals surface area contributed by atoms with Crippen molar-refractivity contribution in [2.24, 2.45) is 35.5 Å². The molecular weight excluding hydrogens is 352 g/mol. The molecule has 0 radical (unpaired) electrons. The molecule has 0 N–H and O–H groups in total. The molecule has 0 unspecified atom stereocenters. The van der Waals surface area contributed by atoms with Crippen molar-refractivity contribution in [3.8, 4) is 0 Å². The summed E-state index contributed by atoms with van der Waals surface area (Å²) in [6.45, 7) is 1.35. The number of imide groups is 1. The molecule has 6 atom stereocenters. The van der Waals surface area contributed by atoms with Gasteiger partial charge in [-0.15, -0.1) is 0 Å². The maximum absolute atomic E-state index is 13.1. The van der Waals surface area contributed by atoms with Crippen molar-refractivity contribution in [1.29, 1.82) is 0 Å². The van der Waals surface area contributed by atoms with Crippen molar-refractivity contribution in [2.45, 2.75) is 13.3 Å². The maximum atomic E-state index is 13.1. The molecule has 5 nitrogen and oxygen atoms in total. The zero-order valence-corrected chi connectivity index (χ0v) is 15.1. The van der Waals surface area contributed by atoms with Gasteiger partial charge in [0.1, 0.15) is 6.67 Å².